The van der Waals surface area contributed by atoms with Gasteiger partial charge in [-0.3, -0.25) is 0 Å². The summed E-state index contributed by atoms with van der Waals surface area (Å²) in [6.07, 6.45) is 0. The number of hydrogen-bond acceptors (Lipinski definition) is 3. The molecular formula is C10H7NO2S. The summed E-state index contributed by atoms with van der Waals surface area (Å²) in [7, 11) is 0. The van der Waals surface area contributed by atoms with Crippen LogP contribution in [0.3, 0.4) is 0 Å². The summed E-state index contributed by atoms with van der Waals surface area (Å²) < 4.78 is 0. The summed E-state index contributed by atoms with van der Waals surface area (Å²) in [5.41, 5.74) is 2.57. The zero-order valence-corrected chi connectivity index (χ0v) is 7.99. The standard InChI is InChI=1S/C10H7NO2S/c12-10(13)8-9(14-6-11-8)7-4-2-1-3-5-7/h1-6H,(H,12,13). The van der Waals surface area contributed by atoms with Crippen LogP contribution in [-0.2, 0) is 0 Å². The number of carboxylic acid groups (broad SMARTS) is 1. The molecule has 70 valence electrons. The molecule has 0 unspecified atom stereocenters. The van der Waals surface area contributed by atoms with E-state index in [2.05, 4.69) is 4.98 Å². The second-order valence-electron chi connectivity index (χ2n) is 2.70. The number of hydrogen-bond donors (Lipinski definition) is 1. The smallest absolute Gasteiger partial charge is 0.356 e. The van der Waals surface area contributed by atoms with Crippen molar-refractivity contribution in [3.05, 3.63) is 41.5 Å². The normalized spacial score (nSPS) is 10.0. The van der Waals surface area contributed by atoms with Crippen molar-refractivity contribution < 1.29 is 9.90 Å². The van der Waals surface area contributed by atoms with Gasteiger partial charge in [0.2, 0.25) is 0 Å². The molecule has 0 atom stereocenters. The first-order chi connectivity index (χ1) is 6.79. The highest BCUT2D eigenvalue weighted by Crippen LogP contribution is 2.26. The molecule has 0 bridgehead atoms. The Bertz CT molecular complexity index is 450. The van der Waals surface area contributed by atoms with E-state index in [1.165, 1.54) is 11.3 Å². The van der Waals surface area contributed by atoms with Crippen LogP contribution in [0.4, 0.5) is 0 Å². The number of thiazole rings is 1. The molecule has 0 aliphatic heterocycles. The van der Waals surface area contributed by atoms with Gasteiger partial charge in [0.1, 0.15) is 0 Å². The third-order valence-corrected chi connectivity index (χ3v) is 2.68. The lowest BCUT2D eigenvalue weighted by molar-refractivity contribution is 0.0692. The van der Waals surface area contributed by atoms with Gasteiger partial charge in [-0.2, -0.15) is 0 Å². The van der Waals surface area contributed by atoms with Crippen LogP contribution in [0.1, 0.15) is 10.5 Å². The molecule has 3 nitrogen and oxygen atoms in total. The van der Waals surface area contributed by atoms with Crippen LogP contribution in [0, 0.1) is 0 Å². The minimum Gasteiger partial charge on any atom is -0.476 e. The van der Waals surface area contributed by atoms with Gasteiger partial charge < -0.3 is 5.11 Å². The van der Waals surface area contributed by atoms with Crippen molar-refractivity contribution in [1.29, 1.82) is 0 Å². The van der Waals surface area contributed by atoms with E-state index in [0.29, 0.717) is 4.88 Å². The molecule has 0 radical (unpaired) electrons. The maximum absolute atomic E-state index is 10.8. The molecule has 2 rings (SSSR count). The minimum atomic E-state index is -0.981. The number of carbonyl (C=O) groups is 1. The lowest BCUT2D eigenvalue weighted by Crippen LogP contribution is -1.97. The molecule has 0 saturated heterocycles. The van der Waals surface area contributed by atoms with E-state index < -0.39 is 5.97 Å². The fourth-order valence-corrected chi connectivity index (χ4v) is 1.98. The molecule has 2 aromatic rings. The van der Waals surface area contributed by atoms with Crippen molar-refractivity contribution in [1.82, 2.24) is 4.98 Å². The molecule has 0 saturated carbocycles. The maximum Gasteiger partial charge on any atom is 0.356 e. The van der Waals surface area contributed by atoms with Crippen molar-refractivity contribution in [2.45, 2.75) is 0 Å². The van der Waals surface area contributed by atoms with Gasteiger partial charge in [-0.25, -0.2) is 9.78 Å². The zero-order valence-electron chi connectivity index (χ0n) is 7.18. The molecule has 4 heteroatoms. The molecule has 1 N–H and O–H groups in total. The largest absolute Gasteiger partial charge is 0.476 e. The topological polar surface area (TPSA) is 50.2 Å². The number of benzene rings is 1. The Hall–Kier alpha value is -1.68. The van der Waals surface area contributed by atoms with Crippen LogP contribution in [0.15, 0.2) is 35.8 Å². The molecule has 0 fully saturated rings. The highest BCUT2D eigenvalue weighted by Gasteiger charge is 2.14. The van der Waals surface area contributed by atoms with E-state index in [9.17, 15) is 4.79 Å². The van der Waals surface area contributed by atoms with Crippen LogP contribution < -0.4 is 0 Å². The Morgan fingerprint density at radius 3 is 2.64 bits per heavy atom. The van der Waals surface area contributed by atoms with Crippen molar-refractivity contribution in [2.75, 3.05) is 0 Å². The molecule has 0 spiro atoms. The van der Waals surface area contributed by atoms with Crippen LogP contribution >= 0.6 is 11.3 Å². The predicted octanol–water partition coefficient (Wildman–Crippen LogP) is 2.51. The number of aromatic nitrogens is 1. The summed E-state index contributed by atoms with van der Waals surface area (Å²) in [6, 6.07) is 9.40. The Labute approximate surface area is 84.7 Å². The molecule has 0 aliphatic rings. The molecule has 1 aromatic carbocycles. The third kappa shape index (κ3) is 1.52. The van der Waals surface area contributed by atoms with Crippen LogP contribution in [0.2, 0.25) is 0 Å². The van der Waals surface area contributed by atoms with Gasteiger partial charge in [-0.1, -0.05) is 30.3 Å². The summed E-state index contributed by atoms with van der Waals surface area (Å²) in [5, 5.41) is 8.86. The Kier molecular flexibility index (Phi) is 2.28. The Balaban J connectivity index is 2.52. The van der Waals surface area contributed by atoms with Gasteiger partial charge in [0.05, 0.1) is 10.4 Å². The van der Waals surface area contributed by atoms with Crippen molar-refractivity contribution in [3.63, 3.8) is 0 Å². The van der Waals surface area contributed by atoms with E-state index in [-0.39, 0.29) is 5.69 Å². The molecule has 14 heavy (non-hydrogen) atoms. The van der Waals surface area contributed by atoms with Crippen LogP contribution in [0.5, 0.6) is 0 Å². The van der Waals surface area contributed by atoms with E-state index in [0.717, 1.165) is 5.56 Å². The van der Waals surface area contributed by atoms with Crippen molar-refractivity contribution >= 4 is 17.3 Å². The van der Waals surface area contributed by atoms with Crippen molar-refractivity contribution in [3.8, 4) is 10.4 Å². The van der Waals surface area contributed by atoms with E-state index in [4.69, 9.17) is 5.11 Å². The van der Waals surface area contributed by atoms with Crippen LogP contribution in [0.25, 0.3) is 10.4 Å². The lowest BCUT2D eigenvalue weighted by Gasteiger charge is -1.97. The second-order valence-corrected chi connectivity index (χ2v) is 3.56. The van der Waals surface area contributed by atoms with Crippen molar-refractivity contribution in [2.24, 2.45) is 0 Å². The van der Waals surface area contributed by atoms with E-state index in [1.54, 1.807) is 5.51 Å². The lowest BCUT2D eigenvalue weighted by atomic mass is 10.1. The minimum absolute atomic E-state index is 0.126. The van der Waals surface area contributed by atoms with E-state index in [1.807, 2.05) is 30.3 Å². The highest BCUT2D eigenvalue weighted by molar-refractivity contribution is 7.13. The van der Waals surface area contributed by atoms with Gasteiger partial charge in [-0.15, -0.1) is 11.3 Å². The zero-order chi connectivity index (χ0) is 9.97. The molecule has 1 heterocycles. The second kappa shape index (κ2) is 3.59. The SMILES string of the molecule is O=C(O)c1ncsc1-c1ccccc1. The first-order valence-corrected chi connectivity index (χ1v) is 4.89. The summed E-state index contributed by atoms with van der Waals surface area (Å²) in [4.78, 5) is 15.3. The number of nitrogens with zero attached hydrogens (tertiary/aromatic N) is 1. The van der Waals surface area contributed by atoms with Gasteiger partial charge in [0, 0.05) is 0 Å². The fourth-order valence-electron chi connectivity index (χ4n) is 1.19. The monoisotopic (exact) mass is 205 g/mol. The summed E-state index contributed by atoms with van der Waals surface area (Å²) in [6.45, 7) is 0. The van der Waals surface area contributed by atoms with Crippen LogP contribution in [-0.4, -0.2) is 16.1 Å². The Morgan fingerprint density at radius 1 is 1.29 bits per heavy atom. The average molecular weight is 205 g/mol. The summed E-state index contributed by atoms with van der Waals surface area (Å²) in [5.74, 6) is -0.981. The molecule has 0 amide bonds. The quantitative estimate of drug-likeness (QED) is 0.819. The van der Waals surface area contributed by atoms with Gasteiger partial charge >= 0.3 is 5.97 Å². The predicted molar refractivity (Wildman–Crippen MR) is 54.5 cm³/mol. The third-order valence-electron chi connectivity index (χ3n) is 1.81. The number of carboxylic acids is 1. The Morgan fingerprint density at radius 2 is 2.00 bits per heavy atom. The molecule has 1 aromatic heterocycles. The summed E-state index contributed by atoms with van der Waals surface area (Å²) >= 11 is 1.34. The highest BCUT2D eigenvalue weighted by atomic mass is 32.1. The molecule has 0 aliphatic carbocycles. The average Bonchev–Trinajstić information content (AvgIpc) is 2.67. The molecular weight excluding hydrogens is 198 g/mol. The number of aromatic carboxylic acids is 1. The van der Waals surface area contributed by atoms with Gasteiger partial charge in [0.15, 0.2) is 5.69 Å². The van der Waals surface area contributed by atoms with E-state index >= 15 is 0 Å². The maximum atomic E-state index is 10.8. The first kappa shape index (κ1) is 8.90. The van der Waals surface area contributed by atoms with Gasteiger partial charge in [0.25, 0.3) is 0 Å². The number of rotatable bonds is 2. The fraction of sp³-hybridized carbons (Fsp3) is 0. The van der Waals surface area contributed by atoms with Gasteiger partial charge in [-0.05, 0) is 5.56 Å². The first-order valence-electron chi connectivity index (χ1n) is 4.01.